The maximum absolute atomic E-state index is 12.4. The van der Waals surface area contributed by atoms with Crippen molar-refractivity contribution < 1.29 is 17.9 Å². The molecule has 0 saturated carbocycles. The lowest BCUT2D eigenvalue weighted by Gasteiger charge is -2.11. The van der Waals surface area contributed by atoms with Gasteiger partial charge in [0.2, 0.25) is 0 Å². The number of carbonyl (C=O) groups excluding carboxylic acids is 1. The number of nitrogens with zero attached hydrogens (tertiary/aromatic N) is 2. The van der Waals surface area contributed by atoms with Gasteiger partial charge in [-0.25, -0.2) is 22.6 Å². The fourth-order valence-electron chi connectivity index (χ4n) is 2.43. The summed E-state index contributed by atoms with van der Waals surface area (Å²) < 4.78 is 33.2. The molecule has 0 spiro atoms. The zero-order valence-corrected chi connectivity index (χ0v) is 15.5. The summed E-state index contributed by atoms with van der Waals surface area (Å²) in [6.07, 6.45) is 0. The number of ether oxygens (including phenoxy) is 1. The summed E-state index contributed by atoms with van der Waals surface area (Å²) >= 11 is 0. The Bertz CT molecular complexity index is 1040. The molecule has 2 aromatic carbocycles. The molecule has 0 aliphatic heterocycles. The Morgan fingerprint density at radius 1 is 1.07 bits per heavy atom. The molecule has 0 bridgehead atoms. The van der Waals surface area contributed by atoms with E-state index in [1.165, 1.54) is 36.1 Å². The van der Waals surface area contributed by atoms with E-state index < -0.39 is 16.1 Å². The van der Waals surface area contributed by atoms with Gasteiger partial charge in [-0.05, 0) is 43.3 Å². The summed E-state index contributed by atoms with van der Waals surface area (Å²) in [6, 6.07) is 15.7. The lowest BCUT2D eigenvalue weighted by molar-refractivity contribution is 0.256. The van der Waals surface area contributed by atoms with Crippen LogP contribution in [0.4, 0.5) is 10.6 Å². The van der Waals surface area contributed by atoms with E-state index in [1.54, 1.807) is 13.0 Å². The molecule has 2 amide bonds. The zero-order valence-electron chi connectivity index (χ0n) is 14.7. The predicted molar refractivity (Wildman–Crippen MR) is 101 cm³/mol. The lowest BCUT2D eigenvalue weighted by atomic mass is 10.3. The third-order valence-electron chi connectivity index (χ3n) is 3.67. The van der Waals surface area contributed by atoms with E-state index >= 15 is 0 Å². The van der Waals surface area contributed by atoms with Crippen LogP contribution in [-0.2, 0) is 10.0 Å². The van der Waals surface area contributed by atoms with E-state index in [2.05, 4.69) is 10.4 Å². The van der Waals surface area contributed by atoms with Crippen molar-refractivity contribution in [2.24, 2.45) is 0 Å². The van der Waals surface area contributed by atoms with Gasteiger partial charge in [0.25, 0.3) is 10.0 Å². The van der Waals surface area contributed by atoms with Gasteiger partial charge in [-0.2, -0.15) is 5.10 Å². The predicted octanol–water partition coefficient (Wildman–Crippen LogP) is 2.70. The molecular weight excluding hydrogens is 368 g/mol. The Kier molecular flexibility index (Phi) is 5.13. The number of hydrogen-bond donors (Lipinski definition) is 2. The van der Waals surface area contributed by atoms with Crippen LogP contribution < -0.4 is 14.8 Å². The van der Waals surface area contributed by atoms with Crippen LogP contribution in [-0.4, -0.2) is 31.3 Å². The SMILES string of the molecule is COc1ccc(S(=O)(=O)NC(=O)Nc2cc(C)nn2-c2ccccc2)cc1. The van der Waals surface area contributed by atoms with Crippen LogP contribution in [0, 0.1) is 6.92 Å². The molecule has 3 rings (SSSR count). The normalized spacial score (nSPS) is 11.0. The molecule has 0 saturated heterocycles. The Balaban J connectivity index is 1.78. The third-order valence-corrected chi connectivity index (χ3v) is 5.02. The number of hydrogen-bond acceptors (Lipinski definition) is 5. The Morgan fingerprint density at radius 2 is 1.74 bits per heavy atom. The maximum Gasteiger partial charge on any atom is 0.334 e. The molecule has 0 aliphatic rings. The molecule has 1 aromatic heterocycles. The van der Waals surface area contributed by atoms with Crippen LogP contribution in [0.3, 0.4) is 0 Å². The van der Waals surface area contributed by atoms with Crippen LogP contribution in [0.25, 0.3) is 5.69 Å². The molecule has 0 radical (unpaired) electrons. The quantitative estimate of drug-likeness (QED) is 0.702. The Hall–Kier alpha value is -3.33. The minimum absolute atomic E-state index is 0.0498. The number of anilines is 1. The zero-order chi connectivity index (χ0) is 19.4. The lowest BCUT2D eigenvalue weighted by Crippen LogP contribution is -2.34. The highest BCUT2D eigenvalue weighted by atomic mass is 32.2. The van der Waals surface area contributed by atoms with Crippen LogP contribution in [0.5, 0.6) is 5.75 Å². The second-order valence-electron chi connectivity index (χ2n) is 5.65. The van der Waals surface area contributed by atoms with Gasteiger partial charge in [-0.3, -0.25) is 5.32 Å². The topological polar surface area (TPSA) is 102 Å². The monoisotopic (exact) mass is 386 g/mol. The van der Waals surface area contributed by atoms with E-state index in [4.69, 9.17) is 4.74 Å². The second kappa shape index (κ2) is 7.50. The first-order chi connectivity index (χ1) is 12.9. The van der Waals surface area contributed by atoms with Crippen molar-refractivity contribution in [1.82, 2.24) is 14.5 Å². The van der Waals surface area contributed by atoms with Gasteiger partial charge in [0, 0.05) is 6.07 Å². The first-order valence-corrected chi connectivity index (χ1v) is 9.47. The number of rotatable bonds is 5. The summed E-state index contributed by atoms with van der Waals surface area (Å²) in [5, 5.41) is 6.84. The van der Waals surface area contributed by atoms with Crippen molar-refractivity contribution in [3.63, 3.8) is 0 Å². The van der Waals surface area contributed by atoms with Crippen molar-refractivity contribution >= 4 is 21.9 Å². The third kappa shape index (κ3) is 4.26. The number of benzene rings is 2. The highest BCUT2D eigenvalue weighted by Crippen LogP contribution is 2.18. The van der Waals surface area contributed by atoms with E-state index in [-0.39, 0.29) is 4.90 Å². The molecular formula is C18H18N4O4S. The fraction of sp³-hybridized carbons (Fsp3) is 0.111. The van der Waals surface area contributed by atoms with Gasteiger partial charge in [-0.1, -0.05) is 18.2 Å². The van der Waals surface area contributed by atoms with Gasteiger partial charge in [0.1, 0.15) is 11.6 Å². The summed E-state index contributed by atoms with van der Waals surface area (Å²) in [4.78, 5) is 12.2. The van der Waals surface area contributed by atoms with Crippen LogP contribution in [0.15, 0.2) is 65.6 Å². The van der Waals surface area contributed by atoms with Crippen LogP contribution in [0.2, 0.25) is 0 Å². The minimum Gasteiger partial charge on any atom is -0.497 e. The first-order valence-electron chi connectivity index (χ1n) is 7.99. The highest BCUT2D eigenvalue weighted by molar-refractivity contribution is 7.90. The van der Waals surface area contributed by atoms with E-state index in [0.717, 1.165) is 5.69 Å². The highest BCUT2D eigenvalue weighted by Gasteiger charge is 2.19. The number of carbonyl (C=O) groups is 1. The number of nitrogens with one attached hydrogen (secondary N) is 2. The summed E-state index contributed by atoms with van der Waals surface area (Å²) in [7, 11) is -2.54. The minimum atomic E-state index is -4.02. The fourth-order valence-corrected chi connectivity index (χ4v) is 3.34. The molecule has 140 valence electrons. The molecule has 0 atom stereocenters. The Morgan fingerprint density at radius 3 is 2.37 bits per heavy atom. The number of para-hydroxylation sites is 1. The standard InChI is InChI=1S/C18H18N4O4S/c1-13-12-17(22(20-13)14-6-4-3-5-7-14)19-18(23)21-27(24,25)16-10-8-15(26-2)9-11-16/h3-12H,1-2H3,(H2,19,21,23). The molecule has 8 nitrogen and oxygen atoms in total. The van der Waals surface area contributed by atoms with Crippen molar-refractivity contribution in [3.8, 4) is 11.4 Å². The second-order valence-corrected chi connectivity index (χ2v) is 7.34. The number of aryl methyl sites for hydroxylation is 1. The Labute approximate surface area is 156 Å². The largest absolute Gasteiger partial charge is 0.497 e. The van der Waals surface area contributed by atoms with E-state index in [0.29, 0.717) is 17.3 Å². The van der Waals surface area contributed by atoms with Crippen LogP contribution >= 0.6 is 0 Å². The number of amides is 2. The maximum atomic E-state index is 12.4. The molecule has 27 heavy (non-hydrogen) atoms. The van der Waals surface area contributed by atoms with E-state index in [1.807, 2.05) is 35.1 Å². The summed E-state index contributed by atoms with van der Waals surface area (Å²) in [5.74, 6) is 0.863. The van der Waals surface area contributed by atoms with Gasteiger partial charge in [0.05, 0.1) is 23.4 Å². The first kappa shape index (κ1) is 18.5. The average Bonchev–Trinajstić information content (AvgIpc) is 3.02. The molecule has 0 aliphatic carbocycles. The number of methoxy groups -OCH3 is 1. The van der Waals surface area contributed by atoms with Crippen molar-refractivity contribution in [3.05, 3.63) is 66.4 Å². The van der Waals surface area contributed by atoms with Crippen LogP contribution in [0.1, 0.15) is 5.69 Å². The molecule has 2 N–H and O–H groups in total. The van der Waals surface area contributed by atoms with Crippen molar-refractivity contribution in [2.45, 2.75) is 11.8 Å². The molecule has 3 aromatic rings. The molecule has 0 unspecified atom stereocenters. The average molecular weight is 386 g/mol. The van der Waals surface area contributed by atoms with Gasteiger partial charge >= 0.3 is 6.03 Å². The van der Waals surface area contributed by atoms with Crippen molar-refractivity contribution in [1.29, 1.82) is 0 Å². The smallest absolute Gasteiger partial charge is 0.334 e. The van der Waals surface area contributed by atoms with Gasteiger partial charge in [0.15, 0.2) is 0 Å². The summed E-state index contributed by atoms with van der Waals surface area (Å²) in [6.45, 7) is 1.77. The molecule has 9 heteroatoms. The number of aromatic nitrogens is 2. The molecule has 0 fully saturated rings. The van der Waals surface area contributed by atoms with E-state index in [9.17, 15) is 13.2 Å². The van der Waals surface area contributed by atoms with Crippen molar-refractivity contribution in [2.75, 3.05) is 12.4 Å². The number of urea groups is 1. The number of sulfonamides is 1. The summed E-state index contributed by atoms with van der Waals surface area (Å²) in [5.41, 5.74) is 1.41. The van der Waals surface area contributed by atoms with Gasteiger partial charge in [-0.15, -0.1) is 0 Å². The van der Waals surface area contributed by atoms with Gasteiger partial charge < -0.3 is 4.74 Å². The molecule has 1 heterocycles.